The van der Waals surface area contributed by atoms with E-state index in [1.807, 2.05) is 0 Å². The molecular weight excluding hydrogens is 300 g/mol. The van der Waals surface area contributed by atoms with Crippen LogP contribution in [0.1, 0.15) is 24.8 Å². The van der Waals surface area contributed by atoms with Crippen LogP contribution in [0.25, 0.3) is 0 Å². The zero-order valence-electron chi connectivity index (χ0n) is 15.1. The third kappa shape index (κ3) is 5.20. The van der Waals surface area contributed by atoms with Crippen molar-refractivity contribution in [1.29, 1.82) is 0 Å². The summed E-state index contributed by atoms with van der Waals surface area (Å²) in [4.78, 5) is 5.27. The highest BCUT2D eigenvalue weighted by Crippen LogP contribution is 2.27. The highest BCUT2D eigenvalue weighted by molar-refractivity contribution is 5.34. The quantitative estimate of drug-likeness (QED) is 0.717. The van der Waals surface area contributed by atoms with E-state index in [1.54, 1.807) is 7.11 Å². The van der Waals surface area contributed by atoms with Crippen LogP contribution < -0.4 is 4.74 Å². The Hall–Kier alpha value is -1.10. The first-order valence-electron chi connectivity index (χ1n) is 9.49. The second kappa shape index (κ2) is 9.40. The van der Waals surface area contributed by atoms with E-state index in [0.29, 0.717) is 0 Å². The second-order valence-electron chi connectivity index (χ2n) is 7.16. The lowest BCUT2D eigenvalue weighted by Crippen LogP contribution is -2.48. The average Bonchev–Trinajstić information content (AvgIpc) is 2.82. The van der Waals surface area contributed by atoms with E-state index < -0.39 is 0 Å². The number of benzene rings is 1. The molecule has 2 aliphatic heterocycles. The third-order valence-corrected chi connectivity index (χ3v) is 5.32. The predicted octanol–water partition coefficient (Wildman–Crippen LogP) is 2.67. The van der Waals surface area contributed by atoms with Crippen molar-refractivity contribution >= 4 is 0 Å². The smallest absolute Gasteiger partial charge is 0.122 e. The summed E-state index contributed by atoms with van der Waals surface area (Å²) in [6.07, 6.45) is 4.77. The topological polar surface area (TPSA) is 24.9 Å². The van der Waals surface area contributed by atoms with Gasteiger partial charge in [0.1, 0.15) is 5.75 Å². The zero-order chi connectivity index (χ0) is 16.6. The Balaban J connectivity index is 1.40. The van der Waals surface area contributed by atoms with Crippen LogP contribution in [0.5, 0.6) is 5.75 Å². The van der Waals surface area contributed by atoms with E-state index >= 15 is 0 Å². The molecule has 4 nitrogen and oxygen atoms in total. The molecule has 0 bridgehead atoms. The van der Waals surface area contributed by atoms with Crippen LogP contribution in [0, 0.1) is 5.92 Å². The van der Waals surface area contributed by atoms with E-state index in [2.05, 4.69) is 34.1 Å². The van der Waals surface area contributed by atoms with Gasteiger partial charge in [-0.05, 0) is 49.8 Å². The summed E-state index contributed by atoms with van der Waals surface area (Å²) in [7, 11) is 1.79. The molecule has 1 aromatic rings. The van der Waals surface area contributed by atoms with Gasteiger partial charge in [-0.2, -0.15) is 0 Å². The van der Waals surface area contributed by atoms with Crippen molar-refractivity contribution in [2.24, 2.45) is 5.92 Å². The van der Waals surface area contributed by atoms with Crippen LogP contribution in [-0.2, 0) is 11.2 Å². The van der Waals surface area contributed by atoms with Gasteiger partial charge in [-0.15, -0.1) is 0 Å². The van der Waals surface area contributed by atoms with Gasteiger partial charge in [0.25, 0.3) is 0 Å². The lowest BCUT2D eigenvalue weighted by Gasteiger charge is -2.36. The number of rotatable bonds is 7. The molecule has 0 amide bonds. The van der Waals surface area contributed by atoms with Gasteiger partial charge in [0.15, 0.2) is 0 Å². The number of hydrogen-bond donors (Lipinski definition) is 0. The molecule has 3 rings (SSSR count). The first-order chi connectivity index (χ1) is 11.8. The summed E-state index contributed by atoms with van der Waals surface area (Å²) < 4.78 is 11.0. The van der Waals surface area contributed by atoms with Crippen molar-refractivity contribution in [3.63, 3.8) is 0 Å². The fourth-order valence-electron chi connectivity index (χ4n) is 3.86. The summed E-state index contributed by atoms with van der Waals surface area (Å²) in [6.45, 7) is 9.05. The molecule has 1 saturated heterocycles. The van der Waals surface area contributed by atoms with Gasteiger partial charge >= 0.3 is 0 Å². The second-order valence-corrected chi connectivity index (χ2v) is 7.16. The molecule has 2 aliphatic rings. The molecule has 0 unspecified atom stereocenters. The van der Waals surface area contributed by atoms with Crippen molar-refractivity contribution in [3.05, 3.63) is 29.8 Å². The molecule has 0 spiro atoms. The largest absolute Gasteiger partial charge is 0.493 e. The normalized spacial score (nSPS) is 22.6. The van der Waals surface area contributed by atoms with Gasteiger partial charge in [0.05, 0.1) is 6.61 Å². The van der Waals surface area contributed by atoms with Gasteiger partial charge in [-0.3, -0.25) is 0 Å². The molecule has 0 N–H and O–H groups in total. The molecular formula is C20H32N2O2. The minimum Gasteiger partial charge on any atom is -0.493 e. The molecule has 0 aliphatic carbocycles. The Kier molecular flexibility index (Phi) is 6.94. The van der Waals surface area contributed by atoms with Crippen LogP contribution in [0.15, 0.2) is 24.3 Å². The molecule has 1 aromatic carbocycles. The Labute approximate surface area is 146 Å². The van der Waals surface area contributed by atoms with Gasteiger partial charge in [-0.25, -0.2) is 0 Å². The number of para-hydroxylation sites is 1. The number of methoxy groups -OCH3 is 1. The third-order valence-electron chi connectivity index (χ3n) is 5.32. The SMILES string of the molecule is COCCCCN1CCN(C[C@@H]2CCOc3ccccc3C2)CC1. The Morgan fingerprint density at radius 3 is 2.71 bits per heavy atom. The fraction of sp³-hybridized carbons (Fsp3) is 0.700. The maximum atomic E-state index is 5.91. The summed E-state index contributed by atoms with van der Waals surface area (Å²) in [5.74, 6) is 1.82. The van der Waals surface area contributed by atoms with Gasteiger partial charge < -0.3 is 19.3 Å². The molecule has 134 valence electrons. The summed E-state index contributed by atoms with van der Waals surface area (Å²) in [5, 5.41) is 0. The number of fused-ring (bicyclic) bond motifs is 1. The Morgan fingerprint density at radius 2 is 1.88 bits per heavy atom. The van der Waals surface area contributed by atoms with Crippen molar-refractivity contribution in [2.75, 3.05) is 59.6 Å². The molecule has 0 radical (unpaired) electrons. The molecule has 1 atom stereocenters. The molecule has 0 saturated carbocycles. The standard InChI is InChI=1S/C20H32N2O2/c1-23-14-5-4-9-21-10-12-22(13-11-21)17-18-8-15-24-20-7-3-2-6-19(20)16-18/h2-3,6-7,18H,4-5,8-17H2,1H3/t18-/m1/s1. The first-order valence-corrected chi connectivity index (χ1v) is 9.49. The molecule has 1 fully saturated rings. The number of unbranched alkanes of at least 4 members (excludes halogenated alkanes) is 1. The van der Waals surface area contributed by atoms with Crippen molar-refractivity contribution < 1.29 is 9.47 Å². The van der Waals surface area contributed by atoms with Crippen LogP contribution in [0.4, 0.5) is 0 Å². The zero-order valence-corrected chi connectivity index (χ0v) is 15.1. The van der Waals surface area contributed by atoms with Crippen LogP contribution in [-0.4, -0.2) is 69.4 Å². The molecule has 2 heterocycles. The predicted molar refractivity (Wildman–Crippen MR) is 97.7 cm³/mol. The molecule has 24 heavy (non-hydrogen) atoms. The summed E-state index contributed by atoms with van der Waals surface area (Å²) >= 11 is 0. The maximum Gasteiger partial charge on any atom is 0.122 e. The summed E-state index contributed by atoms with van der Waals surface area (Å²) in [6, 6.07) is 8.55. The summed E-state index contributed by atoms with van der Waals surface area (Å²) in [5.41, 5.74) is 1.39. The number of hydrogen-bond acceptors (Lipinski definition) is 4. The fourth-order valence-corrected chi connectivity index (χ4v) is 3.86. The van der Waals surface area contributed by atoms with Crippen molar-refractivity contribution in [3.8, 4) is 5.75 Å². The van der Waals surface area contributed by atoms with E-state index in [-0.39, 0.29) is 0 Å². The number of nitrogens with zero attached hydrogens (tertiary/aromatic N) is 2. The lowest BCUT2D eigenvalue weighted by molar-refractivity contribution is 0.109. The van der Waals surface area contributed by atoms with E-state index in [1.165, 1.54) is 64.1 Å². The van der Waals surface area contributed by atoms with Crippen LogP contribution in [0.2, 0.25) is 0 Å². The van der Waals surface area contributed by atoms with E-state index in [0.717, 1.165) is 31.3 Å². The monoisotopic (exact) mass is 332 g/mol. The minimum atomic E-state index is 0.724. The van der Waals surface area contributed by atoms with E-state index in [9.17, 15) is 0 Å². The minimum absolute atomic E-state index is 0.724. The van der Waals surface area contributed by atoms with Gasteiger partial charge in [-0.1, -0.05) is 18.2 Å². The van der Waals surface area contributed by atoms with Crippen LogP contribution in [0.3, 0.4) is 0 Å². The van der Waals surface area contributed by atoms with Crippen molar-refractivity contribution in [1.82, 2.24) is 9.80 Å². The highest BCUT2D eigenvalue weighted by atomic mass is 16.5. The Bertz CT molecular complexity index is 486. The van der Waals surface area contributed by atoms with Crippen molar-refractivity contribution in [2.45, 2.75) is 25.7 Å². The molecule has 4 heteroatoms. The number of ether oxygens (including phenoxy) is 2. The lowest BCUT2D eigenvalue weighted by atomic mass is 9.96. The first kappa shape index (κ1) is 17.7. The van der Waals surface area contributed by atoms with Crippen LogP contribution >= 0.6 is 0 Å². The van der Waals surface area contributed by atoms with Gasteiger partial charge in [0.2, 0.25) is 0 Å². The van der Waals surface area contributed by atoms with Gasteiger partial charge in [0, 0.05) is 46.4 Å². The Morgan fingerprint density at radius 1 is 1.08 bits per heavy atom. The number of piperazine rings is 1. The average molecular weight is 332 g/mol. The highest BCUT2D eigenvalue weighted by Gasteiger charge is 2.22. The molecule has 0 aromatic heterocycles. The maximum absolute atomic E-state index is 5.91. The van der Waals surface area contributed by atoms with E-state index in [4.69, 9.17) is 9.47 Å².